The number of fused-ring (bicyclic) bond motifs is 2. The highest BCUT2D eigenvalue weighted by atomic mass is 16.5. The summed E-state index contributed by atoms with van der Waals surface area (Å²) < 4.78 is 13.7. The first-order chi connectivity index (χ1) is 16.7. The summed E-state index contributed by atoms with van der Waals surface area (Å²) in [6, 6.07) is 9.04. The number of benzene rings is 2. The molecule has 3 aromatic rings. The summed E-state index contributed by atoms with van der Waals surface area (Å²) in [4.78, 5) is 14.6. The molecule has 35 heavy (non-hydrogen) atoms. The highest BCUT2D eigenvalue weighted by Gasteiger charge is 2.31. The number of allylic oxidation sites excluding steroid dienone is 1. The SMILES string of the molecule is CCn1cc(/C=C2/Oc3c(ccc([O-])c3C[NH+](CC(C)C)CC(C)C)C2=O)c2cc(OC)ccc21. The van der Waals surface area contributed by atoms with Crippen molar-refractivity contribution in [3.63, 3.8) is 0 Å². The van der Waals surface area contributed by atoms with Crippen LogP contribution in [0.2, 0.25) is 0 Å². The largest absolute Gasteiger partial charge is 0.872 e. The summed E-state index contributed by atoms with van der Waals surface area (Å²) in [5.41, 5.74) is 3.00. The molecule has 186 valence electrons. The van der Waals surface area contributed by atoms with Crippen LogP contribution in [-0.2, 0) is 13.1 Å². The molecule has 0 spiro atoms. The van der Waals surface area contributed by atoms with Crippen LogP contribution in [0.5, 0.6) is 17.2 Å². The molecule has 0 bridgehead atoms. The minimum Gasteiger partial charge on any atom is -0.872 e. The molecule has 0 aliphatic carbocycles. The quantitative estimate of drug-likeness (QED) is 0.473. The lowest BCUT2D eigenvalue weighted by Crippen LogP contribution is -3.11. The normalized spacial score (nSPS) is 14.5. The van der Waals surface area contributed by atoms with E-state index in [1.165, 1.54) is 11.0 Å². The number of quaternary nitrogens is 1. The maximum atomic E-state index is 13.3. The number of ketones is 1. The average molecular weight is 477 g/mol. The number of methoxy groups -OCH3 is 1. The number of aryl methyl sites for hydroxylation is 1. The van der Waals surface area contributed by atoms with Crippen LogP contribution in [0.4, 0.5) is 0 Å². The molecule has 0 fully saturated rings. The average Bonchev–Trinajstić information content (AvgIpc) is 3.32. The summed E-state index contributed by atoms with van der Waals surface area (Å²) in [5.74, 6) is 2.17. The van der Waals surface area contributed by atoms with E-state index in [-0.39, 0.29) is 17.3 Å². The fourth-order valence-electron chi connectivity index (χ4n) is 5.04. The van der Waals surface area contributed by atoms with Gasteiger partial charge in [-0.3, -0.25) is 4.79 Å². The van der Waals surface area contributed by atoms with Crippen LogP contribution in [0.15, 0.2) is 42.3 Å². The first-order valence-corrected chi connectivity index (χ1v) is 12.5. The fraction of sp³-hybridized carbons (Fsp3) is 0.414. The summed E-state index contributed by atoms with van der Waals surface area (Å²) in [6.45, 7) is 14.1. The highest BCUT2D eigenvalue weighted by molar-refractivity contribution is 6.15. The molecule has 1 aliphatic heterocycles. The monoisotopic (exact) mass is 476 g/mol. The molecule has 6 heteroatoms. The summed E-state index contributed by atoms with van der Waals surface area (Å²) in [7, 11) is 1.64. The van der Waals surface area contributed by atoms with Crippen molar-refractivity contribution in [3.05, 3.63) is 59.0 Å². The molecule has 0 saturated heterocycles. The second-order valence-corrected chi connectivity index (χ2v) is 10.2. The van der Waals surface area contributed by atoms with Gasteiger partial charge in [-0.05, 0) is 37.3 Å². The molecule has 2 heterocycles. The molecule has 1 N–H and O–H groups in total. The first kappa shape index (κ1) is 24.9. The number of nitrogens with zero attached hydrogens (tertiary/aromatic N) is 1. The van der Waals surface area contributed by atoms with Crippen LogP contribution in [0.25, 0.3) is 17.0 Å². The van der Waals surface area contributed by atoms with Gasteiger partial charge in [0.1, 0.15) is 18.0 Å². The molecular formula is C29H36N2O4. The maximum Gasteiger partial charge on any atom is 0.231 e. The minimum atomic E-state index is -0.184. The Hall–Kier alpha value is -3.25. The number of aromatic nitrogens is 1. The standard InChI is InChI=1S/C29H36N2O4/c1-7-31-16-20(23-13-21(34-6)8-10-25(23)31)12-27-28(33)22-9-11-26(32)24(29(22)35-27)17-30(14-18(2)3)15-19(4)5/h8-13,16,18-19,32H,7,14-15,17H2,1-6H3/b27-12+. The Kier molecular flexibility index (Phi) is 7.22. The molecule has 1 aliphatic rings. The third-order valence-corrected chi connectivity index (χ3v) is 6.46. The summed E-state index contributed by atoms with van der Waals surface area (Å²) in [5, 5.41) is 13.9. The Morgan fingerprint density at radius 2 is 1.83 bits per heavy atom. The maximum absolute atomic E-state index is 13.3. The van der Waals surface area contributed by atoms with Crippen LogP contribution >= 0.6 is 0 Å². The number of hydrogen-bond acceptors (Lipinski definition) is 4. The number of ether oxygens (including phenoxy) is 2. The summed E-state index contributed by atoms with van der Waals surface area (Å²) >= 11 is 0. The Balaban J connectivity index is 1.72. The fourth-order valence-corrected chi connectivity index (χ4v) is 5.04. The van der Waals surface area contributed by atoms with E-state index in [0.29, 0.717) is 35.3 Å². The lowest BCUT2D eigenvalue weighted by atomic mass is 10.0. The number of Topliss-reactive ketones (excluding diaryl/α,β-unsaturated/α-hetero) is 1. The van der Waals surface area contributed by atoms with Crippen molar-refractivity contribution in [2.75, 3.05) is 20.2 Å². The highest BCUT2D eigenvalue weighted by Crippen LogP contribution is 2.39. The molecular weight excluding hydrogens is 440 g/mol. The Morgan fingerprint density at radius 3 is 2.46 bits per heavy atom. The van der Waals surface area contributed by atoms with Gasteiger partial charge >= 0.3 is 0 Å². The van der Waals surface area contributed by atoms with Gasteiger partial charge in [0, 0.05) is 46.6 Å². The number of nitrogens with one attached hydrogen (secondary N) is 1. The van der Waals surface area contributed by atoms with Crippen LogP contribution in [0.3, 0.4) is 0 Å². The zero-order chi connectivity index (χ0) is 25.3. The molecule has 0 radical (unpaired) electrons. The van der Waals surface area contributed by atoms with Gasteiger partial charge in [0.15, 0.2) is 5.76 Å². The number of hydrogen-bond donors (Lipinski definition) is 1. The van der Waals surface area contributed by atoms with Crippen LogP contribution in [0.1, 0.15) is 56.1 Å². The van der Waals surface area contributed by atoms with E-state index in [1.54, 1.807) is 19.3 Å². The minimum absolute atomic E-state index is 0.0739. The summed E-state index contributed by atoms with van der Waals surface area (Å²) in [6.07, 6.45) is 3.81. The molecule has 0 saturated carbocycles. The van der Waals surface area contributed by atoms with Crippen molar-refractivity contribution >= 4 is 22.8 Å². The van der Waals surface area contributed by atoms with Crippen molar-refractivity contribution < 1.29 is 24.3 Å². The Morgan fingerprint density at radius 1 is 1.11 bits per heavy atom. The Bertz CT molecular complexity index is 1260. The first-order valence-electron chi connectivity index (χ1n) is 12.5. The van der Waals surface area contributed by atoms with Gasteiger partial charge in [-0.1, -0.05) is 39.5 Å². The van der Waals surface area contributed by atoms with E-state index in [2.05, 4.69) is 39.2 Å². The third kappa shape index (κ3) is 5.08. The van der Waals surface area contributed by atoms with Crippen molar-refractivity contribution in [1.82, 2.24) is 4.57 Å². The molecule has 0 unspecified atom stereocenters. The van der Waals surface area contributed by atoms with Gasteiger partial charge in [0.05, 0.1) is 25.8 Å². The zero-order valence-corrected chi connectivity index (χ0v) is 21.6. The third-order valence-electron chi connectivity index (χ3n) is 6.46. The topological polar surface area (TPSA) is 68.0 Å². The zero-order valence-electron chi connectivity index (χ0n) is 21.6. The van der Waals surface area contributed by atoms with Crippen molar-refractivity contribution in [2.45, 2.75) is 47.7 Å². The van der Waals surface area contributed by atoms with E-state index < -0.39 is 0 Å². The van der Waals surface area contributed by atoms with Gasteiger partial charge < -0.3 is 24.0 Å². The number of carbonyl (C=O) groups is 1. The lowest BCUT2D eigenvalue weighted by Gasteiger charge is -2.26. The van der Waals surface area contributed by atoms with Gasteiger partial charge in [0.2, 0.25) is 5.78 Å². The second-order valence-electron chi connectivity index (χ2n) is 10.2. The predicted molar refractivity (Wildman–Crippen MR) is 137 cm³/mol. The van der Waals surface area contributed by atoms with Crippen molar-refractivity contribution in [2.24, 2.45) is 11.8 Å². The van der Waals surface area contributed by atoms with E-state index in [4.69, 9.17) is 9.47 Å². The van der Waals surface area contributed by atoms with Crippen LogP contribution < -0.4 is 19.5 Å². The lowest BCUT2D eigenvalue weighted by molar-refractivity contribution is -0.919. The van der Waals surface area contributed by atoms with Crippen molar-refractivity contribution in [3.8, 4) is 17.2 Å². The van der Waals surface area contributed by atoms with E-state index in [1.807, 2.05) is 24.4 Å². The van der Waals surface area contributed by atoms with Gasteiger partial charge in [0.25, 0.3) is 0 Å². The number of carbonyl (C=O) groups excluding carboxylic acids is 1. The smallest absolute Gasteiger partial charge is 0.231 e. The molecule has 0 amide bonds. The Labute approximate surface area is 207 Å². The molecule has 2 aromatic carbocycles. The van der Waals surface area contributed by atoms with Crippen molar-refractivity contribution in [1.29, 1.82) is 0 Å². The predicted octanol–water partition coefficient (Wildman–Crippen LogP) is 4.06. The number of rotatable bonds is 9. The van der Waals surface area contributed by atoms with Crippen LogP contribution in [-0.4, -0.2) is 30.5 Å². The van der Waals surface area contributed by atoms with Gasteiger partial charge in [-0.25, -0.2) is 0 Å². The molecule has 1 aromatic heterocycles. The van der Waals surface area contributed by atoms with Gasteiger partial charge in [-0.2, -0.15) is 0 Å². The van der Waals surface area contributed by atoms with E-state index in [0.717, 1.165) is 41.9 Å². The van der Waals surface area contributed by atoms with E-state index >= 15 is 0 Å². The van der Waals surface area contributed by atoms with E-state index in [9.17, 15) is 9.90 Å². The molecule has 6 nitrogen and oxygen atoms in total. The second kappa shape index (κ2) is 10.2. The van der Waals surface area contributed by atoms with Crippen LogP contribution in [0, 0.1) is 11.8 Å². The molecule has 4 rings (SSSR count). The molecule has 0 atom stereocenters. The van der Waals surface area contributed by atoms with Gasteiger partial charge in [-0.15, -0.1) is 0 Å².